The number of carbonyl (C=O) groups is 1. The molecule has 29 heavy (non-hydrogen) atoms. The molecule has 1 fully saturated rings. The van der Waals surface area contributed by atoms with Gasteiger partial charge in [0.1, 0.15) is 6.04 Å². The average Bonchev–Trinajstić information content (AvgIpc) is 2.75. The number of nitrogens with one attached hydrogen (secondary N) is 1. The first-order chi connectivity index (χ1) is 14.1. The largest absolute Gasteiger partial charge is 0.350 e. The Bertz CT molecular complexity index is 769. The van der Waals surface area contributed by atoms with Crippen LogP contribution in [0, 0.1) is 5.92 Å². The fraction of sp³-hybridized carbons (Fsp3) is 0.480. The Balaban J connectivity index is 1.66. The van der Waals surface area contributed by atoms with E-state index in [2.05, 4.69) is 53.2 Å². The molecular formula is C25H35N3O. The fourth-order valence-electron chi connectivity index (χ4n) is 4.05. The van der Waals surface area contributed by atoms with Crippen molar-refractivity contribution >= 4 is 5.91 Å². The van der Waals surface area contributed by atoms with Crippen LogP contribution in [-0.4, -0.2) is 42.4 Å². The smallest absolute Gasteiger partial charge is 0.242 e. The lowest BCUT2D eigenvalue weighted by Crippen LogP contribution is -2.38. The number of hydrogen-bond acceptors (Lipinski definition) is 3. The summed E-state index contributed by atoms with van der Waals surface area (Å²) in [7, 11) is 2.00. The third-order valence-corrected chi connectivity index (χ3v) is 6.14. The number of piperidine rings is 1. The number of amides is 1. The summed E-state index contributed by atoms with van der Waals surface area (Å²) in [4.78, 5) is 17.7. The molecular weight excluding hydrogens is 358 g/mol. The van der Waals surface area contributed by atoms with Crippen LogP contribution in [0.15, 0.2) is 54.6 Å². The normalized spacial score (nSPS) is 16.7. The van der Waals surface area contributed by atoms with Crippen molar-refractivity contribution in [2.24, 2.45) is 5.92 Å². The lowest BCUT2D eigenvalue weighted by Gasteiger charge is -2.31. The highest BCUT2D eigenvalue weighted by Crippen LogP contribution is 2.21. The molecule has 2 aromatic rings. The Kier molecular flexibility index (Phi) is 7.84. The van der Waals surface area contributed by atoms with Crippen molar-refractivity contribution in [3.63, 3.8) is 0 Å². The molecule has 0 spiro atoms. The van der Waals surface area contributed by atoms with Crippen molar-refractivity contribution in [3.05, 3.63) is 71.3 Å². The van der Waals surface area contributed by atoms with Gasteiger partial charge in [-0.1, -0.05) is 68.4 Å². The SMILES string of the molecule is CCN(C)C(C(=O)NCc1ccccc1CN1CCC(C)CC1)c1ccccc1. The number of nitrogens with zero attached hydrogens (tertiary/aromatic N) is 2. The van der Waals surface area contributed by atoms with Crippen molar-refractivity contribution in [1.29, 1.82) is 0 Å². The molecule has 1 unspecified atom stereocenters. The number of carbonyl (C=O) groups excluding carboxylic acids is 1. The first-order valence-corrected chi connectivity index (χ1v) is 10.9. The highest BCUT2D eigenvalue weighted by atomic mass is 16.2. The topological polar surface area (TPSA) is 35.6 Å². The highest BCUT2D eigenvalue weighted by Gasteiger charge is 2.24. The molecule has 1 aliphatic heterocycles. The second kappa shape index (κ2) is 10.6. The third-order valence-electron chi connectivity index (χ3n) is 6.14. The van der Waals surface area contributed by atoms with Crippen molar-refractivity contribution in [1.82, 2.24) is 15.1 Å². The molecule has 3 rings (SSSR count). The van der Waals surface area contributed by atoms with Gasteiger partial charge in [0.25, 0.3) is 0 Å². The van der Waals surface area contributed by atoms with Crippen LogP contribution < -0.4 is 5.32 Å². The Morgan fingerprint density at radius 2 is 1.69 bits per heavy atom. The lowest BCUT2D eigenvalue weighted by atomic mass is 9.98. The molecule has 1 saturated heterocycles. The summed E-state index contributed by atoms with van der Waals surface area (Å²) in [5.74, 6) is 0.897. The summed E-state index contributed by atoms with van der Waals surface area (Å²) in [6.07, 6.45) is 2.56. The minimum Gasteiger partial charge on any atom is -0.350 e. The van der Waals surface area contributed by atoms with Gasteiger partial charge in [0.05, 0.1) is 0 Å². The van der Waals surface area contributed by atoms with Crippen LogP contribution in [0.3, 0.4) is 0 Å². The van der Waals surface area contributed by atoms with E-state index in [1.165, 1.54) is 37.1 Å². The molecule has 2 aromatic carbocycles. The van der Waals surface area contributed by atoms with Crippen LogP contribution >= 0.6 is 0 Å². The van der Waals surface area contributed by atoms with Crippen molar-refractivity contribution in [2.75, 3.05) is 26.7 Å². The van der Waals surface area contributed by atoms with E-state index in [1.807, 2.05) is 37.4 Å². The molecule has 0 saturated carbocycles. The fourth-order valence-corrected chi connectivity index (χ4v) is 4.05. The van der Waals surface area contributed by atoms with Gasteiger partial charge < -0.3 is 5.32 Å². The first-order valence-electron chi connectivity index (χ1n) is 10.9. The molecule has 1 atom stereocenters. The van der Waals surface area contributed by atoms with Gasteiger partial charge in [-0.25, -0.2) is 0 Å². The van der Waals surface area contributed by atoms with Crippen molar-refractivity contribution < 1.29 is 4.79 Å². The van der Waals surface area contributed by atoms with E-state index < -0.39 is 0 Å². The van der Waals surface area contributed by atoms with Gasteiger partial charge >= 0.3 is 0 Å². The molecule has 1 amide bonds. The minimum atomic E-state index is -0.267. The lowest BCUT2D eigenvalue weighted by molar-refractivity contribution is -0.126. The third kappa shape index (κ3) is 5.91. The summed E-state index contributed by atoms with van der Waals surface area (Å²) in [6.45, 7) is 9.11. The van der Waals surface area contributed by atoms with E-state index >= 15 is 0 Å². The zero-order chi connectivity index (χ0) is 20.6. The molecule has 156 valence electrons. The van der Waals surface area contributed by atoms with Gasteiger partial charge in [-0.05, 0) is 62.1 Å². The zero-order valence-electron chi connectivity index (χ0n) is 18.1. The molecule has 0 radical (unpaired) electrons. The Morgan fingerprint density at radius 3 is 2.34 bits per heavy atom. The van der Waals surface area contributed by atoms with Gasteiger partial charge in [0.15, 0.2) is 0 Å². The summed E-state index contributed by atoms with van der Waals surface area (Å²) in [5.41, 5.74) is 3.57. The van der Waals surface area contributed by atoms with Crippen molar-refractivity contribution in [3.8, 4) is 0 Å². The zero-order valence-corrected chi connectivity index (χ0v) is 18.1. The maximum absolute atomic E-state index is 13.1. The molecule has 1 aliphatic rings. The summed E-state index contributed by atoms with van der Waals surface area (Å²) in [5, 5.41) is 3.20. The molecule has 1 heterocycles. The summed E-state index contributed by atoms with van der Waals surface area (Å²) in [6, 6.07) is 18.3. The van der Waals surface area contributed by atoms with E-state index in [0.29, 0.717) is 6.54 Å². The monoisotopic (exact) mass is 393 g/mol. The van der Waals surface area contributed by atoms with Gasteiger partial charge in [0, 0.05) is 13.1 Å². The number of benzene rings is 2. The van der Waals surface area contributed by atoms with E-state index in [-0.39, 0.29) is 11.9 Å². The van der Waals surface area contributed by atoms with Gasteiger partial charge in [0.2, 0.25) is 5.91 Å². The number of likely N-dealkylation sites (tertiary alicyclic amines) is 1. The van der Waals surface area contributed by atoms with E-state index in [0.717, 1.165) is 24.6 Å². The predicted octanol–water partition coefficient (Wildman–Crippen LogP) is 4.23. The number of likely N-dealkylation sites (N-methyl/N-ethyl adjacent to an activating group) is 1. The summed E-state index contributed by atoms with van der Waals surface area (Å²) < 4.78 is 0. The molecule has 4 heteroatoms. The number of hydrogen-bond donors (Lipinski definition) is 1. The van der Waals surface area contributed by atoms with Crippen LogP contribution in [0.1, 0.15) is 49.4 Å². The molecule has 0 bridgehead atoms. The molecule has 0 aliphatic carbocycles. The number of rotatable bonds is 8. The van der Waals surface area contributed by atoms with Crippen LogP contribution in [0.25, 0.3) is 0 Å². The van der Waals surface area contributed by atoms with Crippen LogP contribution in [0.5, 0.6) is 0 Å². The second-order valence-electron chi connectivity index (χ2n) is 8.33. The standard InChI is InChI=1S/C25H35N3O/c1-4-27(3)24(21-10-6-5-7-11-21)25(29)26-18-22-12-8-9-13-23(22)19-28-16-14-20(2)15-17-28/h5-13,20,24H,4,14-19H2,1-3H3,(H,26,29). The van der Waals surface area contributed by atoms with Crippen LogP contribution in [0.4, 0.5) is 0 Å². The maximum Gasteiger partial charge on any atom is 0.242 e. The second-order valence-corrected chi connectivity index (χ2v) is 8.33. The van der Waals surface area contributed by atoms with E-state index in [4.69, 9.17) is 0 Å². The van der Waals surface area contributed by atoms with Crippen LogP contribution in [-0.2, 0) is 17.9 Å². The predicted molar refractivity (Wildman–Crippen MR) is 119 cm³/mol. The van der Waals surface area contributed by atoms with E-state index in [9.17, 15) is 4.79 Å². The Labute approximate surface area is 175 Å². The quantitative estimate of drug-likeness (QED) is 0.729. The summed E-state index contributed by atoms with van der Waals surface area (Å²) >= 11 is 0. The molecule has 0 aromatic heterocycles. The van der Waals surface area contributed by atoms with Gasteiger partial charge in [-0.3, -0.25) is 14.6 Å². The van der Waals surface area contributed by atoms with Gasteiger partial charge in [-0.2, -0.15) is 0 Å². The molecule has 4 nitrogen and oxygen atoms in total. The van der Waals surface area contributed by atoms with E-state index in [1.54, 1.807) is 0 Å². The van der Waals surface area contributed by atoms with Gasteiger partial charge in [-0.15, -0.1) is 0 Å². The molecule has 1 N–H and O–H groups in total. The Morgan fingerprint density at radius 1 is 1.07 bits per heavy atom. The average molecular weight is 394 g/mol. The first kappa shape index (κ1) is 21.5. The van der Waals surface area contributed by atoms with Crippen LogP contribution in [0.2, 0.25) is 0 Å². The Hall–Kier alpha value is -2.17. The van der Waals surface area contributed by atoms with Crippen molar-refractivity contribution in [2.45, 2.75) is 45.8 Å². The maximum atomic E-state index is 13.1. The minimum absolute atomic E-state index is 0.0575. The highest BCUT2D eigenvalue weighted by molar-refractivity contribution is 5.83.